The zero-order valence-electron chi connectivity index (χ0n) is 7.84. The molecule has 0 aliphatic carbocycles. The molecule has 6 nitrogen and oxygen atoms in total. The summed E-state index contributed by atoms with van der Waals surface area (Å²) in [7, 11) is 0. The van der Waals surface area contributed by atoms with Gasteiger partial charge in [0, 0.05) is 12.1 Å². The normalized spacial score (nSPS) is 9.94. The molecule has 0 radical (unpaired) electrons. The molecule has 0 fully saturated rings. The van der Waals surface area contributed by atoms with E-state index in [0.29, 0.717) is 0 Å². The van der Waals surface area contributed by atoms with Crippen LogP contribution in [0.1, 0.15) is 5.56 Å². The van der Waals surface area contributed by atoms with Gasteiger partial charge in [0.05, 0.1) is 10.3 Å². The lowest BCUT2D eigenvalue weighted by Crippen LogP contribution is -2.05. The molecule has 0 unspecified atom stereocenters. The second kappa shape index (κ2) is 3.47. The van der Waals surface area contributed by atoms with Crippen LogP contribution in [0.4, 0.5) is 5.69 Å². The van der Waals surface area contributed by atoms with Crippen molar-refractivity contribution < 1.29 is 9.34 Å². The predicted molar refractivity (Wildman–Crippen MR) is 53.9 cm³/mol. The van der Waals surface area contributed by atoms with Crippen molar-refractivity contribution in [1.82, 2.24) is 0 Å². The third-order valence-electron chi connectivity index (χ3n) is 2.09. The highest BCUT2D eigenvalue weighted by Gasteiger charge is 2.11. The van der Waals surface area contributed by atoms with Gasteiger partial charge in [-0.15, -0.1) is 0 Å². The van der Waals surface area contributed by atoms with Gasteiger partial charge in [-0.3, -0.25) is 14.9 Å². The summed E-state index contributed by atoms with van der Waals surface area (Å²) in [6.07, 6.45) is 1.04. The van der Waals surface area contributed by atoms with Gasteiger partial charge in [0.1, 0.15) is 23.5 Å². The number of rotatable bonds is 1. The fraction of sp³-hybridized carbons (Fsp3) is 0. The summed E-state index contributed by atoms with van der Waals surface area (Å²) in [4.78, 5) is 21.5. The van der Waals surface area contributed by atoms with Crippen molar-refractivity contribution in [3.05, 3.63) is 50.4 Å². The second-order valence-electron chi connectivity index (χ2n) is 3.03. The van der Waals surface area contributed by atoms with Crippen LogP contribution in [-0.4, -0.2) is 4.92 Å². The van der Waals surface area contributed by atoms with Crippen LogP contribution in [0.25, 0.3) is 11.0 Å². The first-order valence-electron chi connectivity index (χ1n) is 4.23. The van der Waals surface area contributed by atoms with Crippen molar-refractivity contribution in [2.75, 3.05) is 0 Å². The Morgan fingerprint density at radius 3 is 2.81 bits per heavy atom. The molecular formula is C10H4N2O4. The zero-order chi connectivity index (χ0) is 11.7. The monoisotopic (exact) mass is 216 g/mol. The molecule has 0 aliphatic rings. The Bertz CT molecular complexity index is 681. The van der Waals surface area contributed by atoms with Crippen molar-refractivity contribution in [2.24, 2.45) is 0 Å². The molecule has 16 heavy (non-hydrogen) atoms. The minimum absolute atomic E-state index is 0.0354. The summed E-state index contributed by atoms with van der Waals surface area (Å²) in [5.74, 6) is 0. The van der Waals surface area contributed by atoms with Gasteiger partial charge in [0.2, 0.25) is 5.43 Å². The highest BCUT2D eigenvalue weighted by Crippen LogP contribution is 2.18. The number of hydrogen-bond donors (Lipinski definition) is 0. The lowest BCUT2D eigenvalue weighted by atomic mass is 10.1. The summed E-state index contributed by atoms with van der Waals surface area (Å²) in [6, 6.07) is 5.32. The number of non-ortho nitro benzene ring substituents is 1. The summed E-state index contributed by atoms with van der Waals surface area (Å²) in [6.45, 7) is 0. The number of nitro benzene ring substituents is 1. The molecule has 1 aromatic heterocycles. The van der Waals surface area contributed by atoms with Crippen LogP contribution in [-0.2, 0) is 0 Å². The van der Waals surface area contributed by atoms with Crippen molar-refractivity contribution in [3.8, 4) is 6.07 Å². The Balaban J connectivity index is 2.86. The van der Waals surface area contributed by atoms with E-state index in [9.17, 15) is 14.9 Å². The Morgan fingerprint density at radius 1 is 1.44 bits per heavy atom. The molecule has 0 aliphatic heterocycles. The summed E-state index contributed by atoms with van der Waals surface area (Å²) in [5.41, 5.74) is -0.732. The molecule has 0 atom stereocenters. The van der Waals surface area contributed by atoms with Gasteiger partial charge < -0.3 is 4.42 Å². The van der Waals surface area contributed by atoms with Crippen LogP contribution in [0.5, 0.6) is 0 Å². The lowest BCUT2D eigenvalue weighted by molar-refractivity contribution is -0.384. The maximum atomic E-state index is 11.6. The quantitative estimate of drug-likeness (QED) is 0.532. The molecule has 6 heteroatoms. The highest BCUT2D eigenvalue weighted by atomic mass is 16.6. The Morgan fingerprint density at radius 2 is 2.19 bits per heavy atom. The van der Waals surface area contributed by atoms with Gasteiger partial charge in [-0.2, -0.15) is 5.26 Å². The number of fused-ring (bicyclic) bond motifs is 1. The summed E-state index contributed by atoms with van der Waals surface area (Å²) >= 11 is 0. The van der Waals surface area contributed by atoms with Gasteiger partial charge in [-0.25, -0.2) is 0 Å². The number of benzene rings is 1. The van der Waals surface area contributed by atoms with Crippen molar-refractivity contribution in [2.45, 2.75) is 0 Å². The minimum atomic E-state index is -0.613. The number of nitriles is 1. The fourth-order valence-corrected chi connectivity index (χ4v) is 1.31. The molecule has 2 rings (SSSR count). The molecule has 0 saturated heterocycles. The molecule has 1 aromatic carbocycles. The SMILES string of the molecule is N#Cc1coc2ccc([N+](=O)[O-])cc2c1=O. The van der Waals surface area contributed by atoms with Crippen LogP contribution in [0.15, 0.2) is 33.7 Å². The lowest BCUT2D eigenvalue weighted by Gasteiger charge is -1.96. The molecule has 78 valence electrons. The van der Waals surface area contributed by atoms with Crippen molar-refractivity contribution >= 4 is 16.7 Å². The maximum Gasteiger partial charge on any atom is 0.270 e. The fourth-order valence-electron chi connectivity index (χ4n) is 1.31. The molecule has 1 heterocycles. The van der Waals surface area contributed by atoms with E-state index < -0.39 is 10.4 Å². The van der Waals surface area contributed by atoms with E-state index >= 15 is 0 Å². The van der Waals surface area contributed by atoms with Crippen LogP contribution in [0.3, 0.4) is 0 Å². The second-order valence-corrected chi connectivity index (χ2v) is 3.03. The minimum Gasteiger partial charge on any atom is -0.463 e. The zero-order valence-corrected chi connectivity index (χ0v) is 7.84. The Hall–Kier alpha value is -2.68. The first-order valence-corrected chi connectivity index (χ1v) is 4.23. The van der Waals surface area contributed by atoms with E-state index in [1.165, 1.54) is 12.1 Å². The smallest absolute Gasteiger partial charge is 0.270 e. The summed E-state index contributed by atoms with van der Waals surface area (Å²) < 4.78 is 5.00. The third kappa shape index (κ3) is 1.40. The van der Waals surface area contributed by atoms with Crippen LogP contribution < -0.4 is 5.43 Å². The number of hydrogen-bond acceptors (Lipinski definition) is 5. The predicted octanol–water partition coefficient (Wildman–Crippen LogP) is 1.57. The van der Waals surface area contributed by atoms with Crippen molar-refractivity contribution in [1.29, 1.82) is 5.26 Å². The molecule has 0 spiro atoms. The average molecular weight is 216 g/mol. The standard InChI is InChI=1S/C10H4N2O4/c11-4-6-5-16-9-2-1-7(12(14)15)3-8(9)10(6)13/h1-3,5H. The molecule has 2 aromatic rings. The topological polar surface area (TPSA) is 97.1 Å². The molecule has 0 amide bonds. The first-order chi connectivity index (χ1) is 7.63. The van der Waals surface area contributed by atoms with E-state index in [2.05, 4.69) is 0 Å². The van der Waals surface area contributed by atoms with E-state index in [1.807, 2.05) is 0 Å². The molecule has 0 saturated carbocycles. The Kier molecular flexibility index (Phi) is 2.14. The highest BCUT2D eigenvalue weighted by molar-refractivity contribution is 5.79. The Labute approximate surface area is 88.5 Å². The number of nitrogens with zero attached hydrogens (tertiary/aromatic N) is 2. The largest absolute Gasteiger partial charge is 0.463 e. The van der Waals surface area contributed by atoms with Crippen LogP contribution in [0, 0.1) is 21.4 Å². The molecule has 0 bridgehead atoms. The number of nitro groups is 1. The van der Waals surface area contributed by atoms with E-state index in [1.54, 1.807) is 6.07 Å². The third-order valence-corrected chi connectivity index (χ3v) is 2.09. The molecular weight excluding hydrogens is 212 g/mol. The maximum absolute atomic E-state index is 11.6. The van der Waals surface area contributed by atoms with E-state index in [0.717, 1.165) is 12.3 Å². The van der Waals surface area contributed by atoms with Gasteiger partial charge in [-0.05, 0) is 6.07 Å². The van der Waals surface area contributed by atoms with Gasteiger partial charge >= 0.3 is 0 Å². The molecule has 0 N–H and O–H groups in total. The van der Waals surface area contributed by atoms with Crippen LogP contribution in [0.2, 0.25) is 0 Å². The average Bonchev–Trinajstić information content (AvgIpc) is 2.29. The first kappa shape index (κ1) is 9.86. The van der Waals surface area contributed by atoms with Gasteiger partial charge in [0.15, 0.2) is 0 Å². The van der Waals surface area contributed by atoms with Gasteiger partial charge in [0.25, 0.3) is 5.69 Å². The van der Waals surface area contributed by atoms with Gasteiger partial charge in [-0.1, -0.05) is 0 Å². The van der Waals surface area contributed by atoms with E-state index in [-0.39, 0.29) is 22.2 Å². The van der Waals surface area contributed by atoms with Crippen LogP contribution >= 0.6 is 0 Å². The summed E-state index contributed by atoms with van der Waals surface area (Å²) in [5, 5.41) is 19.2. The van der Waals surface area contributed by atoms with E-state index in [4.69, 9.17) is 9.68 Å². The van der Waals surface area contributed by atoms with Crippen molar-refractivity contribution in [3.63, 3.8) is 0 Å².